The number of aryl methyl sites for hydroxylation is 1. The highest BCUT2D eigenvalue weighted by molar-refractivity contribution is 5.68. The second kappa shape index (κ2) is 5.57. The van der Waals surface area contributed by atoms with E-state index in [2.05, 4.69) is 5.32 Å². The summed E-state index contributed by atoms with van der Waals surface area (Å²) in [7, 11) is 0. The average Bonchev–Trinajstić information content (AvgIpc) is 2.56. The molecule has 0 unspecified atom stereocenters. The molecule has 17 heavy (non-hydrogen) atoms. The van der Waals surface area contributed by atoms with E-state index >= 15 is 0 Å². The fourth-order valence-electron chi connectivity index (χ4n) is 1.17. The molecule has 1 N–H and O–H groups in total. The second-order valence-corrected chi connectivity index (χ2v) is 4.73. The SMILES string of the molecule is Cc1ccc(C=CCNC(=O)OC(C)(C)C)o1. The van der Waals surface area contributed by atoms with Crippen LogP contribution in [0.15, 0.2) is 22.6 Å². The molecule has 1 aromatic rings. The molecule has 0 atom stereocenters. The summed E-state index contributed by atoms with van der Waals surface area (Å²) in [5.41, 5.74) is -0.466. The van der Waals surface area contributed by atoms with Crippen LogP contribution >= 0.6 is 0 Å². The minimum Gasteiger partial charge on any atom is -0.462 e. The van der Waals surface area contributed by atoms with Crippen molar-refractivity contribution < 1.29 is 13.9 Å². The third kappa shape index (κ3) is 5.80. The van der Waals surface area contributed by atoms with E-state index in [0.717, 1.165) is 11.5 Å². The van der Waals surface area contributed by atoms with Crippen LogP contribution in [-0.2, 0) is 4.74 Å². The van der Waals surface area contributed by atoms with Crippen molar-refractivity contribution in [1.29, 1.82) is 0 Å². The Balaban J connectivity index is 2.28. The standard InChI is InChI=1S/C13H19NO3/c1-10-7-8-11(16-10)6-5-9-14-12(15)17-13(2,3)4/h5-8H,9H2,1-4H3,(H,14,15). The first-order valence-electron chi connectivity index (χ1n) is 5.57. The lowest BCUT2D eigenvalue weighted by atomic mass is 10.2. The van der Waals surface area contributed by atoms with Crippen molar-refractivity contribution in [2.24, 2.45) is 0 Å². The zero-order chi connectivity index (χ0) is 12.9. The highest BCUT2D eigenvalue weighted by Crippen LogP contribution is 2.08. The van der Waals surface area contributed by atoms with Crippen LogP contribution in [0.1, 0.15) is 32.3 Å². The minimum atomic E-state index is -0.466. The van der Waals surface area contributed by atoms with E-state index in [1.165, 1.54) is 0 Å². The molecule has 0 aromatic carbocycles. The predicted octanol–water partition coefficient (Wildman–Crippen LogP) is 3.13. The van der Waals surface area contributed by atoms with Crippen LogP contribution in [0.25, 0.3) is 6.08 Å². The number of carbonyl (C=O) groups excluding carboxylic acids is 1. The van der Waals surface area contributed by atoms with Gasteiger partial charge in [0.25, 0.3) is 0 Å². The van der Waals surface area contributed by atoms with Crippen molar-refractivity contribution in [2.45, 2.75) is 33.3 Å². The Morgan fingerprint density at radius 2 is 2.18 bits per heavy atom. The Bertz CT molecular complexity index is 399. The molecule has 1 heterocycles. The molecule has 0 aliphatic carbocycles. The van der Waals surface area contributed by atoms with E-state index in [1.807, 2.05) is 52.0 Å². The van der Waals surface area contributed by atoms with Crippen LogP contribution in [0, 0.1) is 6.92 Å². The van der Waals surface area contributed by atoms with Crippen molar-refractivity contribution in [3.05, 3.63) is 29.7 Å². The smallest absolute Gasteiger partial charge is 0.407 e. The first kappa shape index (κ1) is 13.4. The molecule has 1 aromatic heterocycles. The number of rotatable bonds is 3. The van der Waals surface area contributed by atoms with E-state index in [0.29, 0.717) is 6.54 Å². The molecule has 0 aliphatic rings. The van der Waals surface area contributed by atoms with E-state index in [-0.39, 0.29) is 0 Å². The van der Waals surface area contributed by atoms with Crippen LogP contribution in [0.5, 0.6) is 0 Å². The van der Waals surface area contributed by atoms with Gasteiger partial charge in [-0.05, 0) is 45.9 Å². The summed E-state index contributed by atoms with van der Waals surface area (Å²) >= 11 is 0. The van der Waals surface area contributed by atoms with E-state index in [1.54, 1.807) is 0 Å². The molecule has 0 radical (unpaired) electrons. The van der Waals surface area contributed by atoms with Gasteiger partial charge in [-0.2, -0.15) is 0 Å². The second-order valence-electron chi connectivity index (χ2n) is 4.73. The number of ether oxygens (including phenoxy) is 1. The van der Waals surface area contributed by atoms with Gasteiger partial charge in [0.05, 0.1) is 0 Å². The third-order valence-corrected chi connectivity index (χ3v) is 1.81. The molecule has 94 valence electrons. The van der Waals surface area contributed by atoms with Gasteiger partial charge in [-0.3, -0.25) is 0 Å². The quantitative estimate of drug-likeness (QED) is 0.878. The molecular formula is C13H19NO3. The monoisotopic (exact) mass is 237 g/mol. The molecule has 0 bridgehead atoms. The van der Waals surface area contributed by atoms with Crippen molar-refractivity contribution in [3.63, 3.8) is 0 Å². The first-order valence-corrected chi connectivity index (χ1v) is 5.57. The summed E-state index contributed by atoms with van der Waals surface area (Å²) < 4.78 is 10.4. The lowest BCUT2D eigenvalue weighted by molar-refractivity contribution is 0.0534. The predicted molar refractivity (Wildman–Crippen MR) is 66.7 cm³/mol. The Kier molecular flexibility index (Phi) is 4.37. The summed E-state index contributed by atoms with van der Waals surface area (Å²) in [6.45, 7) is 7.78. The van der Waals surface area contributed by atoms with Gasteiger partial charge in [-0.1, -0.05) is 6.08 Å². The van der Waals surface area contributed by atoms with Crippen LogP contribution < -0.4 is 5.32 Å². The molecular weight excluding hydrogens is 218 g/mol. The summed E-state index contributed by atoms with van der Waals surface area (Å²) in [4.78, 5) is 11.3. The highest BCUT2D eigenvalue weighted by atomic mass is 16.6. The topological polar surface area (TPSA) is 51.5 Å². The Labute approximate surface area is 102 Å². The van der Waals surface area contributed by atoms with Gasteiger partial charge in [0.15, 0.2) is 0 Å². The molecule has 0 fully saturated rings. The molecule has 0 saturated heterocycles. The van der Waals surface area contributed by atoms with Gasteiger partial charge in [0.2, 0.25) is 0 Å². The summed E-state index contributed by atoms with van der Waals surface area (Å²) in [6.07, 6.45) is 3.20. The lowest BCUT2D eigenvalue weighted by Gasteiger charge is -2.19. The minimum absolute atomic E-state index is 0.411. The van der Waals surface area contributed by atoms with Crippen LogP contribution in [-0.4, -0.2) is 18.2 Å². The fraction of sp³-hybridized carbons (Fsp3) is 0.462. The van der Waals surface area contributed by atoms with Gasteiger partial charge in [-0.15, -0.1) is 0 Å². The van der Waals surface area contributed by atoms with Crippen molar-refractivity contribution in [3.8, 4) is 0 Å². The first-order chi connectivity index (χ1) is 7.87. The number of hydrogen-bond acceptors (Lipinski definition) is 3. The largest absolute Gasteiger partial charge is 0.462 e. The van der Waals surface area contributed by atoms with Gasteiger partial charge in [0.1, 0.15) is 17.1 Å². The summed E-state index contributed by atoms with van der Waals surface area (Å²) in [5.74, 6) is 1.64. The molecule has 4 heteroatoms. The normalized spacial score (nSPS) is 11.8. The van der Waals surface area contributed by atoms with Gasteiger partial charge in [-0.25, -0.2) is 4.79 Å². The number of furan rings is 1. The van der Waals surface area contributed by atoms with E-state index in [4.69, 9.17) is 9.15 Å². The van der Waals surface area contributed by atoms with Crippen LogP contribution in [0.2, 0.25) is 0 Å². The number of carbonyl (C=O) groups is 1. The van der Waals surface area contributed by atoms with Gasteiger partial charge in [0, 0.05) is 6.54 Å². The maximum absolute atomic E-state index is 11.3. The summed E-state index contributed by atoms with van der Waals surface area (Å²) in [5, 5.41) is 2.63. The highest BCUT2D eigenvalue weighted by Gasteiger charge is 2.14. The molecule has 1 amide bonds. The van der Waals surface area contributed by atoms with E-state index < -0.39 is 11.7 Å². The van der Waals surface area contributed by atoms with Crippen LogP contribution in [0.3, 0.4) is 0 Å². The Hall–Kier alpha value is -1.71. The molecule has 0 saturated carbocycles. The molecule has 0 spiro atoms. The van der Waals surface area contributed by atoms with E-state index in [9.17, 15) is 4.79 Å². The zero-order valence-electron chi connectivity index (χ0n) is 10.7. The van der Waals surface area contributed by atoms with Crippen molar-refractivity contribution in [1.82, 2.24) is 5.32 Å². The third-order valence-electron chi connectivity index (χ3n) is 1.81. The molecule has 1 rings (SSSR count). The van der Waals surface area contributed by atoms with Crippen molar-refractivity contribution >= 4 is 12.2 Å². The Morgan fingerprint density at radius 1 is 1.47 bits per heavy atom. The fourth-order valence-corrected chi connectivity index (χ4v) is 1.17. The Morgan fingerprint density at radius 3 is 2.71 bits per heavy atom. The number of hydrogen-bond donors (Lipinski definition) is 1. The van der Waals surface area contributed by atoms with Gasteiger partial charge < -0.3 is 14.5 Å². The van der Waals surface area contributed by atoms with Crippen LogP contribution in [0.4, 0.5) is 4.79 Å². The number of nitrogens with one attached hydrogen (secondary N) is 1. The lowest BCUT2D eigenvalue weighted by Crippen LogP contribution is -2.32. The number of amides is 1. The maximum Gasteiger partial charge on any atom is 0.407 e. The van der Waals surface area contributed by atoms with Gasteiger partial charge >= 0.3 is 6.09 Å². The average molecular weight is 237 g/mol. The summed E-state index contributed by atoms with van der Waals surface area (Å²) in [6, 6.07) is 3.76. The molecule has 0 aliphatic heterocycles. The molecule has 4 nitrogen and oxygen atoms in total. The number of alkyl carbamates (subject to hydrolysis) is 1. The van der Waals surface area contributed by atoms with Crippen molar-refractivity contribution in [2.75, 3.05) is 6.54 Å². The zero-order valence-corrected chi connectivity index (χ0v) is 10.7. The maximum atomic E-state index is 11.3.